The molecule has 1 N–H and O–H groups in total. The number of rotatable bonds is 3. The Labute approximate surface area is 120 Å². The highest BCUT2D eigenvalue weighted by Crippen LogP contribution is 2.19. The highest BCUT2D eigenvalue weighted by molar-refractivity contribution is 7.79. The lowest BCUT2D eigenvalue weighted by Crippen LogP contribution is -2.17. The van der Waals surface area contributed by atoms with Gasteiger partial charge in [-0.15, -0.1) is 0 Å². The second-order valence-corrected chi connectivity index (χ2v) is 5.12. The lowest BCUT2D eigenvalue weighted by molar-refractivity contribution is 0.101. The minimum atomic E-state index is -2.75. The number of amides is 1. The molecule has 1 unspecified atom stereocenters. The van der Waals surface area contributed by atoms with Gasteiger partial charge in [0, 0.05) is 25.1 Å². The molecule has 2 rings (SSSR count). The fourth-order valence-electron chi connectivity index (χ4n) is 1.62. The van der Waals surface area contributed by atoms with E-state index in [1.54, 1.807) is 0 Å². The summed E-state index contributed by atoms with van der Waals surface area (Å²) < 4.78 is 36.6. The monoisotopic (exact) mass is 316 g/mol. The molecular formula is C11H8ClFN3O3S-. The first-order chi connectivity index (χ1) is 9.40. The van der Waals surface area contributed by atoms with Crippen molar-refractivity contribution in [1.29, 1.82) is 0 Å². The fourth-order valence-corrected chi connectivity index (χ4v) is 2.28. The van der Waals surface area contributed by atoms with Crippen LogP contribution in [0.3, 0.4) is 0 Å². The van der Waals surface area contributed by atoms with Crippen molar-refractivity contribution >= 4 is 34.3 Å². The van der Waals surface area contributed by atoms with E-state index < -0.39 is 33.4 Å². The molecule has 0 fully saturated rings. The summed E-state index contributed by atoms with van der Waals surface area (Å²) in [5.41, 5.74) is -0.0717. The molecule has 1 atom stereocenters. The van der Waals surface area contributed by atoms with Gasteiger partial charge in [0.15, 0.2) is 5.82 Å². The first kappa shape index (κ1) is 14.6. The van der Waals surface area contributed by atoms with Gasteiger partial charge in [-0.05, 0) is 23.2 Å². The summed E-state index contributed by atoms with van der Waals surface area (Å²) >= 11 is 2.91. The number of carbonyl (C=O) groups is 1. The van der Waals surface area contributed by atoms with Crippen molar-refractivity contribution in [2.24, 2.45) is 7.05 Å². The van der Waals surface area contributed by atoms with E-state index in [4.69, 9.17) is 11.6 Å². The minimum Gasteiger partial charge on any atom is -0.768 e. The molecule has 0 aliphatic heterocycles. The maximum Gasteiger partial charge on any atom is 0.275 e. The predicted molar refractivity (Wildman–Crippen MR) is 69.8 cm³/mol. The van der Waals surface area contributed by atoms with Crippen molar-refractivity contribution < 1.29 is 17.9 Å². The molecule has 2 heterocycles. The molecule has 2 aromatic rings. The zero-order chi connectivity index (χ0) is 14.9. The number of aryl methyl sites for hydroxylation is 1. The lowest BCUT2D eigenvalue weighted by atomic mass is 10.3. The van der Waals surface area contributed by atoms with Crippen LogP contribution in [0.15, 0.2) is 29.4 Å². The van der Waals surface area contributed by atoms with Gasteiger partial charge in [0.05, 0.1) is 4.90 Å². The van der Waals surface area contributed by atoms with Gasteiger partial charge >= 0.3 is 0 Å². The summed E-state index contributed by atoms with van der Waals surface area (Å²) in [6.45, 7) is 0. The van der Waals surface area contributed by atoms with Crippen LogP contribution in [0, 0.1) is 5.82 Å². The average molecular weight is 317 g/mol. The zero-order valence-corrected chi connectivity index (χ0v) is 11.7. The van der Waals surface area contributed by atoms with Crippen LogP contribution in [0.2, 0.25) is 5.15 Å². The van der Waals surface area contributed by atoms with E-state index in [9.17, 15) is 17.9 Å². The highest BCUT2D eigenvalue weighted by atomic mass is 35.5. The Kier molecular flexibility index (Phi) is 4.17. The van der Waals surface area contributed by atoms with Crippen molar-refractivity contribution in [2.45, 2.75) is 4.90 Å². The van der Waals surface area contributed by atoms with Crippen molar-refractivity contribution in [3.05, 3.63) is 41.2 Å². The summed E-state index contributed by atoms with van der Waals surface area (Å²) in [5.74, 6) is -1.89. The quantitative estimate of drug-likeness (QED) is 0.689. The largest absolute Gasteiger partial charge is 0.768 e. The Balaban J connectivity index is 2.32. The molecule has 0 saturated heterocycles. The van der Waals surface area contributed by atoms with Gasteiger partial charge in [-0.2, -0.15) is 0 Å². The Bertz CT molecular complexity index is 704. The van der Waals surface area contributed by atoms with Crippen molar-refractivity contribution in [3.63, 3.8) is 0 Å². The minimum absolute atomic E-state index is 0.163. The Morgan fingerprint density at radius 2 is 2.30 bits per heavy atom. The number of halogens is 2. The van der Waals surface area contributed by atoms with E-state index in [0.717, 1.165) is 10.8 Å². The third-order valence-corrected chi connectivity index (χ3v) is 3.32. The number of nitrogens with one attached hydrogen (secondary N) is 1. The first-order valence-electron chi connectivity index (χ1n) is 5.27. The molecule has 0 aliphatic rings. The van der Waals surface area contributed by atoms with E-state index in [0.29, 0.717) is 5.69 Å². The molecule has 0 saturated carbocycles. The predicted octanol–water partition coefficient (Wildman–Crippen LogP) is 1.70. The number of carbonyl (C=O) groups excluding carboxylic acids is 1. The molecule has 0 spiro atoms. The molecule has 6 nitrogen and oxygen atoms in total. The van der Waals surface area contributed by atoms with Gasteiger partial charge in [0.1, 0.15) is 10.8 Å². The summed E-state index contributed by atoms with van der Waals surface area (Å²) in [7, 11) is 1.37. The van der Waals surface area contributed by atoms with Crippen molar-refractivity contribution in [1.82, 2.24) is 9.55 Å². The van der Waals surface area contributed by atoms with Crippen LogP contribution in [0.5, 0.6) is 0 Å². The van der Waals surface area contributed by atoms with E-state index in [-0.39, 0.29) is 5.15 Å². The lowest BCUT2D eigenvalue weighted by Gasteiger charge is -2.06. The van der Waals surface area contributed by atoms with E-state index in [2.05, 4.69) is 10.3 Å². The Hall–Kier alpha value is -1.77. The van der Waals surface area contributed by atoms with Gasteiger partial charge in [-0.25, -0.2) is 9.37 Å². The number of aromatic nitrogens is 2. The summed E-state index contributed by atoms with van der Waals surface area (Å²) in [5, 5.41) is 2.57. The number of hydrogen-bond donors (Lipinski definition) is 1. The number of hydrogen-bond acceptors (Lipinski definition) is 4. The third kappa shape index (κ3) is 2.87. The third-order valence-electron chi connectivity index (χ3n) is 2.47. The molecule has 0 aliphatic carbocycles. The van der Waals surface area contributed by atoms with Gasteiger partial charge in [-0.1, -0.05) is 11.6 Å². The van der Waals surface area contributed by atoms with Crippen LogP contribution in [-0.4, -0.2) is 24.2 Å². The maximum atomic E-state index is 13.9. The number of anilines is 1. The molecule has 2 aromatic heterocycles. The van der Waals surface area contributed by atoms with Gasteiger partial charge in [-0.3, -0.25) is 9.00 Å². The molecular weight excluding hydrogens is 309 g/mol. The van der Waals surface area contributed by atoms with E-state index in [1.807, 2.05) is 0 Å². The summed E-state index contributed by atoms with van der Waals surface area (Å²) in [6.07, 6.45) is 2.39. The first-order valence-corrected chi connectivity index (χ1v) is 6.72. The van der Waals surface area contributed by atoms with Gasteiger partial charge in [0.2, 0.25) is 0 Å². The number of nitrogens with zero attached hydrogens (tertiary/aromatic N) is 2. The topological polar surface area (TPSA) is 87.0 Å². The zero-order valence-electron chi connectivity index (χ0n) is 10.1. The van der Waals surface area contributed by atoms with Crippen LogP contribution in [0.1, 0.15) is 10.5 Å². The van der Waals surface area contributed by atoms with Crippen LogP contribution in [-0.2, 0) is 18.1 Å². The van der Waals surface area contributed by atoms with Crippen LogP contribution in [0.4, 0.5) is 10.1 Å². The van der Waals surface area contributed by atoms with Gasteiger partial charge < -0.3 is 14.4 Å². The van der Waals surface area contributed by atoms with Crippen LogP contribution in [0.25, 0.3) is 0 Å². The molecule has 1 amide bonds. The van der Waals surface area contributed by atoms with Crippen LogP contribution < -0.4 is 5.32 Å². The second kappa shape index (κ2) is 5.70. The molecule has 0 bridgehead atoms. The van der Waals surface area contributed by atoms with Crippen LogP contribution >= 0.6 is 11.6 Å². The van der Waals surface area contributed by atoms with E-state index >= 15 is 0 Å². The molecule has 0 aromatic carbocycles. The Morgan fingerprint density at radius 3 is 2.85 bits per heavy atom. The SMILES string of the molecule is Cn1cc(S(=O)[O-])c(F)c1C(=O)Nc1ccnc(Cl)c1. The average Bonchev–Trinajstić information content (AvgIpc) is 2.65. The maximum absolute atomic E-state index is 13.9. The summed E-state index contributed by atoms with van der Waals surface area (Å²) in [4.78, 5) is 15.1. The van der Waals surface area contributed by atoms with Crippen molar-refractivity contribution in [2.75, 3.05) is 5.32 Å². The second-order valence-electron chi connectivity index (χ2n) is 3.82. The van der Waals surface area contributed by atoms with Gasteiger partial charge in [0.25, 0.3) is 5.91 Å². The van der Waals surface area contributed by atoms with E-state index in [1.165, 1.54) is 25.4 Å². The normalized spacial score (nSPS) is 12.2. The standard InChI is InChI=1S/C11H9ClFN3O3S/c1-16-5-7(20(18)19)9(13)10(16)11(17)15-6-2-3-14-8(12)4-6/h2-5H,1H3,(H,18,19)(H,14,15,17)/p-1. The Morgan fingerprint density at radius 1 is 1.60 bits per heavy atom. The summed E-state index contributed by atoms with van der Waals surface area (Å²) in [6, 6.07) is 2.85. The molecule has 0 radical (unpaired) electrons. The number of pyridine rings is 1. The smallest absolute Gasteiger partial charge is 0.275 e. The molecule has 9 heteroatoms. The van der Waals surface area contributed by atoms with Crippen molar-refractivity contribution in [3.8, 4) is 0 Å². The molecule has 20 heavy (non-hydrogen) atoms. The fraction of sp³-hybridized carbons (Fsp3) is 0.0909. The molecule has 106 valence electrons. The highest BCUT2D eigenvalue weighted by Gasteiger charge is 2.21.